The highest BCUT2D eigenvalue weighted by Gasteiger charge is 2.42. The zero-order valence-electron chi connectivity index (χ0n) is 14.5. The van der Waals surface area contributed by atoms with E-state index in [1.54, 1.807) is 0 Å². The largest absolute Gasteiger partial charge is 0.339 e. The smallest absolute Gasteiger partial charge is 0.225 e. The second kappa shape index (κ2) is 6.77. The average Bonchev–Trinajstić information content (AvgIpc) is 2.80. The van der Waals surface area contributed by atoms with Gasteiger partial charge in [0.2, 0.25) is 11.8 Å². The van der Waals surface area contributed by atoms with Gasteiger partial charge in [0.05, 0.1) is 0 Å². The number of amides is 2. The molecule has 0 aromatic rings. The molecule has 4 atom stereocenters. The van der Waals surface area contributed by atoms with Crippen LogP contribution in [-0.2, 0) is 9.59 Å². The molecule has 0 saturated carbocycles. The van der Waals surface area contributed by atoms with Gasteiger partial charge < -0.3 is 20.4 Å². The van der Waals surface area contributed by atoms with Crippen molar-refractivity contribution in [1.29, 1.82) is 0 Å². The Hall–Kier alpha value is -1.14. The van der Waals surface area contributed by atoms with Crippen LogP contribution in [0.4, 0.5) is 0 Å². The number of rotatable bonds is 3. The van der Waals surface area contributed by atoms with E-state index >= 15 is 0 Å². The van der Waals surface area contributed by atoms with Crippen molar-refractivity contribution in [2.75, 3.05) is 32.7 Å². The Morgan fingerprint density at radius 2 is 2.04 bits per heavy atom. The van der Waals surface area contributed by atoms with Crippen LogP contribution >= 0.6 is 0 Å². The summed E-state index contributed by atoms with van der Waals surface area (Å²) in [4.78, 5) is 28.9. The van der Waals surface area contributed by atoms with Gasteiger partial charge in [-0.2, -0.15) is 0 Å². The van der Waals surface area contributed by atoms with Crippen molar-refractivity contribution in [3.8, 4) is 0 Å². The molecule has 3 saturated heterocycles. The van der Waals surface area contributed by atoms with Gasteiger partial charge in [0.1, 0.15) is 0 Å². The molecule has 3 unspecified atom stereocenters. The molecule has 0 radical (unpaired) electrons. The van der Waals surface area contributed by atoms with E-state index in [-0.39, 0.29) is 29.8 Å². The summed E-state index contributed by atoms with van der Waals surface area (Å²) < 4.78 is 0. The first-order valence-electron chi connectivity index (χ1n) is 9.00. The van der Waals surface area contributed by atoms with Gasteiger partial charge in [-0.25, -0.2) is 0 Å². The summed E-state index contributed by atoms with van der Waals surface area (Å²) in [5, 5.41) is 6.94. The van der Waals surface area contributed by atoms with Gasteiger partial charge in [0, 0.05) is 63.2 Å². The van der Waals surface area contributed by atoms with Crippen molar-refractivity contribution >= 4 is 11.8 Å². The minimum atomic E-state index is 0.0503. The van der Waals surface area contributed by atoms with Crippen LogP contribution in [0.5, 0.6) is 0 Å². The molecule has 2 N–H and O–H groups in total. The molecule has 2 bridgehead atoms. The average molecular weight is 322 g/mol. The first-order chi connectivity index (χ1) is 11.0. The molecular formula is C17H30N4O2. The Kier molecular flexibility index (Phi) is 4.92. The molecule has 3 aliphatic rings. The molecule has 0 aromatic heterocycles. The van der Waals surface area contributed by atoms with Crippen LogP contribution in [-0.4, -0.2) is 72.5 Å². The van der Waals surface area contributed by atoms with Gasteiger partial charge in [-0.3, -0.25) is 9.59 Å². The summed E-state index contributed by atoms with van der Waals surface area (Å²) in [6, 6.07) is 0.914. The van der Waals surface area contributed by atoms with E-state index in [4.69, 9.17) is 0 Å². The van der Waals surface area contributed by atoms with Crippen molar-refractivity contribution in [3.63, 3.8) is 0 Å². The van der Waals surface area contributed by atoms with Gasteiger partial charge >= 0.3 is 0 Å². The van der Waals surface area contributed by atoms with Gasteiger partial charge in [0.15, 0.2) is 0 Å². The second-order valence-corrected chi connectivity index (χ2v) is 7.71. The Morgan fingerprint density at radius 1 is 1.26 bits per heavy atom. The van der Waals surface area contributed by atoms with E-state index in [1.165, 1.54) is 0 Å². The quantitative estimate of drug-likeness (QED) is 0.770. The standard InChI is InChI=1S/C17H30N4O2/c1-11(2)17(23)20-9-14-6-13(15(10-20)19-14)7-16(22)21-5-4-18-8-12(21)3/h11-15,18-19H,4-10H2,1-3H3/t12-,13?,14?,15?/m0/s1. The van der Waals surface area contributed by atoms with E-state index < -0.39 is 0 Å². The summed E-state index contributed by atoms with van der Waals surface area (Å²) in [5.41, 5.74) is 0. The van der Waals surface area contributed by atoms with Crippen LogP contribution in [0.25, 0.3) is 0 Å². The van der Waals surface area contributed by atoms with Crippen LogP contribution in [0.1, 0.15) is 33.6 Å². The van der Waals surface area contributed by atoms with E-state index in [0.29, 0.717) is 18.4 Å². The fraction of sp³-hybridized carbons (Fsp3) is 0.882. The van der Waals surface area contributed by atoms with E-state index in [0.717, 1.165) is 39.1 Å². The van der Waals surface area contributed by atoms with Crippen molar-refractivity contribution in [2.45, 2.75) is 51.7 Å². The number of fused-ring (bicyclic) bond motifs is 2. The number of piperazine rings is 2. The monoisotopic (exact) mass is 322 g/mol. The third-order valence-corrected chi connectivity index (χ3v) is 5.53. The van der Waals surface area contributed by atoms with Gasteiger partial charge in [-0.1, -0.05) is 13.8 Å². The number of nitrogens with zero attached hydrogens (tertiary/aromatic N) is 2. The molecule has 130 valence electrons. The molecule has 2 amide bonds. The summed E-state index contributed by atoms with van der Waals surface area (Å²) >= 11 is 0. The Labute approximate surface area is 139 Å². The van der Waals surface area contributed by atoms with Gasteiger partial charge in [-0.15, -0.1) is 0 Å². The minimum absolute atomic E-state index is 0.0503. The molecule has 3 heterocycles. The van der Waals surface area contributed by atoms with E-state index in [1.807, 2.05) is 23.6 Å². The van der Waals surface area contributed by atoms with Crippen LogP contribution < -0.4 is 10.6 Å². The second-order valence-electron chi connectivity index (χ2n) is 7.71. The third-order valence-electron chi connectivity index (χ3n) is 5.53. The van der Waals surface area contributed by atoms with Crippen molar-refractivity contribution in [1.82, 2.24) is 20.4 Å². The third kappa shape index (κ3) is 3.53. The molecule has 6 heteroatoms. The first-order valence-corrected chi connectivity index (χ1v) is 9.00. The molecule has 0 spiro atoms. The maximum Gasteiger partial charge on any atom is 0.225 e. The summed E-state index contributed by atoms with van der Waals surface area (Å²) in [6.45, 7) is 10.2. The Balaban J connectivity index is 1.58. The fourth-order valence-corrected chi connectivity index (χ4v) is 4.27. The molecule has 23 heavy (non-hydrogen) atoms. The van der Waals surface area contributed by atoms with Gasteiger partial charge in [-0.05, 0) is 19.3 Å². The number of nitrogens with one attached hydrogen (secondary N) is 2. The number of hydrogen-bond acceptors (Lipinski definition) is 4. The lowest BCUT2D eigenvalue weighted by molar-refractivity contribution is -0.135. The highest BCUT2D eigenvalue weighted by atomic mass is 16.2. The summed E-state index contributed by atoms with van der Waals surface area (Å²) in [5.74, 6) is 0.929. The number of carbonyl (C=O) groups excluding carboxylic acids is 2. The number of hydrogen-bond donors (Lipinski definition) is 2. The lowest BCUT2D eigenvalue weighted by atomic mass is 9.95. The first kappa shape index (κ1) is 16.7. The molecule has 3 fully saturated rings. The topological polar surface area (TPSA) is 64.7 Å². The zero-order valence-corrected chi connectivity index (χ0v) is 14.5. The fourth-order valence-electron chi connectivity index (χ4n) is 4.27. The van der Waals surface area contributed by atoms with Crippen LogP contribution in [0.15, 0.2) is 0 Å². The zero-order chi connectivity index (χ0) is 16.6. The van der Waals surface area contributed by atoms with Crippen LogP contribution in [0.3, 0.4) is 0 Å². The molecular weight excluding hydrogens is 292 g/mol. The Morgan fingerprint density at radius 3 is 2.74 bits per heavy atom. The van der Waals surface area contributed by atoms with E-state index in [9.17, 15) is 9.59 Å². The minimum Gasteiger partial charge on any atom is -0.339 e. The maximum absolute atomic E-state index is 12.7. The van der Waals surface area contributed by atoms with Crippen molar-refractivity contribution < 1.29 is 9.59 Å². The SMILES string of the molecule is CC(C)C(=O)N1CC2CC(CC(=O)N3CCNC[C@@H]3C)C(C1)N2. The van der Waals surface area contributed by atoms with Crippen molar-refractivity contribution in [2.24, 2.45) is 11.8 Å². The van der Waals surface area contributed by atoms with Crippen LogP contribution in [0, 0.1) is 11.8 Å². The predicted molar refractivity (Wildman–Crippen MR) is 88.9 cm³/mol. The molecule has 3 aliphatic heterocycles. The lowest BCUT2D eigenvalue weighted by Gasteiger charge is -2.36. The molecule has 6 nitrogen and oxygen atoms in total. The predicted octanol–water partition coefficient (Wildman–Crippen LogP) is 0.0417. The van der Waals surface area contributed by atoms with E-state index in [2.05, 4.69) is 17.6 Å². The lowest BCUT2D eigenvalue weighted by Crippen LogP contribution is -2.55. The maximum atomic E-state index is 12.7. The number of carbonyl (C=O) groups is 2. The highest BCUT2D eigenvalue weighted by Crippen LogP contribution is 2.30. The Bertz CT molecular complexity index is 468. The molecule has 0 aromatic carbocycles. The highest BCUT2D eigenvalue weighted by molar-refractivity contribution is 5.79. The molecule has 0 aliphatic carbocycles. The van der Waals surface area contributed by atoms with Crippen LogP contribution in [0.2, 0.25) is 0 Å². The normalized spacial score (nSPS) is 34.1. The number of likely N-dealkylation sites (tertiary alicyclic amines) is 1. The van der Waals surface area contributed by atoms with Crippen molar-refractivity contribution in [3.05, 3.63) is 0 Å². The molecule has 3 rings (SSSR count). The summed E-state index contributed by atoms with van der Waals surface area (Å²) in [6.07, 6.45) is 1.63. The summed E-state index contributed by atoms with van der Waals surface area (Å²) in [7, 11) is 0. The van der Waals surface area contributed by atoms with Gasteiger partial charge in [0.25, 0.3) is 0 Å².